The van der Waals surface area contributed by atoms with Crippen molar-refractivity contribution in [3.8, 4) is 0 Å². The summed E-state index contributed by atoms with van der Waals surface area (Å²) >= 11 is 0. The molecule has 180 valence electrons. The molecule has 1 fully saturated rings. The first-order chi connectivity index (χ1) is 15.0. The van der Waals surface area contributed by atoms with E-state index in [9.17, 15) is 14.4 Å². The van der Waals surface area contributed by atoms with Crippen molar-refractivity contribution in [2.24, 2.45) is 0 Å². The molecule has 0 radical (unpaired) electrons. The number of ketones is 1. The minimum atomic E-state index is -0.471. The van der Waals surface area contributed by atoms with Crippen LogP contribution < -0.4 is 5.32 Å². The molecule has 0 aromatic carbocycles. The van der Waals surface area contributed by atoms with Gasteiger partial charge in [0.25, 0.3) is 0 Å². The summed E-state index contributed by atoms with van der Waals surface area (Å²) in [5, 5.41) is 2.96. The maximum atomic E-state index is 13.4. The average molecular weight is 451 g/mol. The van der Waals surface area contributed by atoms with Gasteiger partial charge in [-0.25, -0.2) is 9.59 Å². The minimum absolute atomic E-state index is 0.0672. The van der Waals surface area contributed by atoms with Crippen molar-refractivity contribution < 1.29 is 23.9 Å². The number of carbonyl (C=O) groups excluding carboxylic acids is 3. The summed E-state index contributed by atoms with van der Waals surface area (Å²) in [7, 11) is 1.33. The second-order valence-electron chi connectivity index (χ2n) is 9.15. The van der Waals surface area contributed by atoms with E-state index in [1.165, 1.54) is 7.11 Å². The van der Waals surface area contributed by atoms with Gasteiger partial charge in [-0.15, -0.1) is 0 Å². The van der Waals surface area contributed by atoms with Crippen molar-refractivity contribution >= 4 is 17.8 Å². The van der Waals surface area contributed by atoms with Gasteiger partial charge in [0.15, 0.2) is 5.78 Å². The lowest BCUT2D eigenvalue weighted by Gasteiger charge is -2.32. The van der Waals surface area contributed by atoms with E-state index in [2.05, 4.69) is 10.2 Å². The number of nitrogens with one attached hydrogen (secondary N) is 1. The number of amides is 2. The summed E-state index contributed by atoms with van der Waals surface area (Å²) in [5.74, 6) is -0.662. The number of urea groups is 1. The molecular formula is C23H38N4O5. The maximum Gasteiger partial charge on any atom is 0.354 e. The topological polar surface area (TPSA) is 93.1 Å². The van der Waals surface area contributed by atoms with E-state index in [0.717, 1.165) is 13.1 Å². The first-order valence-corrected chi connectivity index (χ1v) is 11.2. The predicted molar refractivity (Wildman–Crippen MR) is 122 cm³/mol. The van der Waals surface area contributed by atoms with Crippen molar-refractivity contribution in [1.29, 1.82) is 0 Å². The Kier molecular flexibility index (Phi) is 8.86. The van der Waals surface area contributed by atoms with E-state index in [-0.39, 0.29) is 18.4 Å². The molecule has 2 heterocycles. The van der Waals surface area contributed by atoms with Gasteiger partial charge in [-0.05, 0) is 47.1 Å². The van der Waals surface area contributed by atoms with Crippen LogP contribution in [0.5, 0.6) is 0 Å². The summed E-state index contributed by atoms with van der Waals surface area (Å²) in [6, 6.07) is -0.280. The molecule has 9 nitrogen and oxygen atoms in total. The van der Waals surface area contributed by atoms with E-state index in [1.54, 1.807) is 16.4 Å². The molecule has 1 aliphatic heterocycles. The first-order valence-electron chi connectivity index (χ1n) is 11.2. The molecule has 0 aliphatic carbocycles. The molecule has 9 heteroatoms. The Morgan fingerprint density at radius 3 is 2.31 bits per heavy atom. The third-order valence-corrected chi connectivity index (χ3v) is 5.63. The number of morpholine rings is 1. The number of hydrogen-bond acceptors (Lipinski definition) is 6. The fourth-order valence-corrected chi connectivity index (χ4v) is 4.05. The highest BCUT2D eigenvalue weighted by Crippen LogP contribution is 2.24. The van der Waals surface area contributed by atoms with Crippen molar-refractivity contribution in [2.45, 2.75) is 53.6 Å². The zero-order valence-electron chi connectivity index (χ0n) is 20.5. The normalized spacial score (nSPS) is 14.8. The first kappa shape index (κ1) is 25.9. The van der Waals surface area contributed by atoms with Gasteiger partial charge in [-0.1, -0.05) is 0 Å². The lowest BCUT2D eigenvalue weighted by atomic mass is 10.1. The highest BCUT2D eigenvalue weighted by molar-refractivity contribution is 6.04. The van der Waals surface area contributed by atoms with Crippen LogP contribution in [0.2, 0.25) is 0 Å². The van der Waals surface area contributed by atoms with Crippen LogP contribution in [-0.4, -0.2) is 90.7 Å². The number of carbonyl (C=O) groups is 3. The van der Waals surface area contributed by atoms with E-state index in [4.69, 9.17) is 9.47 Å². The highest BCUT2D eigenvalue weighted by Gasteiger charge is 2.29. The molecule has 1 aromatic heterocycles. The number of hydrogen-bond donors (Lipinski definition) is 1. The zero-order valence-corrected chi connectivity index (χ0v) is 20.5. The molecule has 2 amide bonds. The van der Waals surface area contributed by atoms with Crippen LogP contribution in [0.15, 0.2) is 0 Å². The number of esters is 1. The molecule has 0 saturated carbocycles. The van der Waals surface area contributed by atoms with Gasteiger partial charge in [0.2, 0.25) is 0 Å². The van der Waals surface area contributed by atoms with Crippen molar-refractivity contribution in [3.63, 3.8) is 0 Å². The number of Topliss-reactive ketones (excluding diaryl/α,β-unsaturated/α-hetero) is 1. The molecule has 0 bridgehead atoms. The van der Waals surface area contributed by atoms with Crippen molar-refractivity contribution in [3.05, 3.63) is 22.5 Å². The molecule has 2 rings (SSSR count). The van der Waals surface area contributed by atoms with E-state index in [1.807, 2.05) is 34.6 Å². The molecule has 0 unspecified atom stereocenters. The minimum Gasteiger partial charge on any atom is -0.464 e. The van der Waals surface area contributed by atoms with Gasteiger partial charge in [-0.3, -0.25) is 9.69 Å². The fraction of sp³-hybridized carbons (Fsp3) is 0.696. The lowest BCUT2D eigenvalue weighted by Crippen LogP contribution is -2.52. The summed E-state index contributed by atoms with van der Waals surface area (Å²) in [6.45, 7) is 15.7. The second kappa shape index (κ2) is 11.0. The summed E-state index contributed by atoms with van der Waals surface area (Å²) in [5.41, 5.74) is 1.74. The lowest BCUT2D eigenvalue weighted by molar-refractivity contribution is 0.0347. The van der Waals surface area contributed by atoms with Gasteiger partial charge in [0.1, 0.15) is 5.69 Å². The summed E-state index contributed by atoms with van der Waals surface area (Å²) in [6.07, 6.45) is 0. The van der Waals surface area contributed by atoms with Crippen LogP contribution in [0, 0.1) is 13.8 Å². The molecule has 1 aliphatic rings. The molecule has 0 atom stereocenters. The quantitative estimate of drug-likeness (QED) is 0.482. The molecule has 1 aromatic rings. The number of ether oxygens (including phenoxy) is 2. The smallest absolute Gasteiger partial charge is 0.354 e. The Morgan fingerprint density at radius 2 is 1.78 bits per heavy atom. The van der Waals surface area contributed by atoms with Crippen LogP contribution in [0.1, 0.15) is 59.8 Å². The van der Waals surface area contributed by atoms with Gasteiger partial charge in [-0.2, -0.15) is 0 Å². The van der Waals surface area contributed by atoms with E-state index >= 15 is 0 Å². The molecule has 0 spiro atoms. The number of nitrogens with zero attached hydrogens (tertiary/aromatic N) is 3. The SMILES string of the molecule is CCn1c(C)c(C(=O)CN(CCN2CCOCC2)C(=O)NC(C)(C)C)c(C)c1C(=O)OC. The summed E-state index contributed by atoms with van der Waals surface area (Å²) in [4.78, 5) is 42.5. The van der Waals surface area contributed by atoms with Crippen molar-refractivity contribution in [2.75, 3.05) is 53.0 Å². The van der Waals surface area contributed by atoms with E-state index < -0.39 is 11.5 Å². The van der Waals surface area contributed by atoms with Gasteiger partial charge < -0.3 is 24.3 Å². The Morgan fingerprint density at radius 1 is 1.16 bits per heavy atom. The van der Waals surface area contributed by atoms with Crippen LogP contribution >= 0.6 is 0 Å². The highest BCUT2D eigenvalue weighted by atomic mass is 16.5. The zero-order chi connectivity index (χ0) is 24.1. The second-order valence-corrected chi connectivity index (χ2v) is 9.15. The van der Waals surface area contributed by atoms with Crippen molar-refractivity contribution in [1.82, 2.24) is 19.7 Å². The number of aromatic nitrogens is 1. The van der Waals surface area contributed by atoms with Crippen LogP contribution in [-0.2, 0) is 16.0 Å². The number of rotatable bonds is 8. The standard InChI is InChI=1S/C23H38N4O5/c1-8-27-17(3)19(16(2)20(27)21(29)31-7)18(28)15-26(22(30)24-23(4,5)6)10-9-25-11-13-32-14-12-25/h8-15H2,1-7H3,(H,24,30). The van der Waals surface area contributed by atoms with Gasteiger partial charge >= 0.3 is 12.0 Å². The monoisotopic (exact) mass is 450 g/mol. The molecule has 32 heavy (non-hydrogen) atoms. The Balaban J connectivity index is 2.27. The molecule has 1 N–H and O–H groups in total. The van der Waals surface area contributed by atoms with Gasteiger partial charge in [0.05, 0.1) is 26.9 Å². The molecular weight excluding hydrogens is 412 g/mol. The predicted octanol–water partition coefficient (Wildman–Crippen LogP) is 2.24. The Bertz CT molecular complexity index is 834. The third kappa shape index (κ3) is 6.32. The van der Waals surface area contributed by atoms with Gasteiger partial charge in [0, 0.05) is 49.5 Å². The summed E-state index contributed by atoms with van der Waals surface area (Å²) < 4.78 is 12.1. The van der Waals surface area contributed by atoms with Crippen LogP contribution in [0.25, 0.3) is 0 Å². The van der Waals surface area contributed by atoms with E-state index in [0.29, 0.717) is 55.4 Å². The van der Waals surface area contributed by atoms with Crippen LogP contribution in [0.3, 0.4) is 0 Å². The Labute approximate surface area is 191 Å². The fourth-order valence-electron chi connectivity index (χ4n) is 4.05. The average Bonchev–Trinajstić information content (AvgIpc) is 2.99. The number of methoxy groups -OCH3 is 1. The Hall–Kier alpha value is -2.39. The molecule has 1 saturated heterocycles. The van der Waals surface area contributed by atoms with Crippen LogP contribution in [0.4, 0.5) is 4.79 Å². The largest absolute Gasteiger partial charge is 0.464 e. The third-order valence-electron chi connectivity index (χ3n) is 5.63. The maximum absolute atomic E-state index is 13.4.